The van der Waals surface area contributed by atoms with E-state index in [1.54, 1.807) is 0 Å². The summed E-state index contributed by atoms with van der Waals surface area (Å²) in [5.74, 6) is 0.925. The molecule has 15 heavy (non-hydrogen) atoms. The fourth-order valence-corrected chi connectivity index (χ4v) is 2.35. The van der Waals surface area contributed by atoms with Gasteiger partial charge in [0.15, 0.2) is 0 Å². The second-order valence-corrected chi connectivity index (χ2v) is 4.79. The molecular formula is C14H31N. The summed E-state index contributed by atoms with van der Waals surface area (Å²) in [5.41, 5.74) is 0. The van der Waals surface area contributed by atoms with Crippen molar-refractivity contribution in [3.8, 4) is 0 Å². The molecule has 92 valence electrons. The Morgan fingerprint density at radius 2 is 1.47 bits per heavy atom. The average Bonchev–Trinajstić information content (AvgIpc) is 2.25. The van der Waals surface area contributed by atoms with Crippen LogP contribution in [0, 0.1) is 5.92 Å². The molecule has 1 unspecified atom stereocenters. The molecule has 0 N–H and O–H groups in total. The third kappa shape index (κ3) is 6.19. The van der Waals surface area contributed by atoms with Crippen LogP contribution >= 0.6 is 0 Å². The van der Waals surface area contributed by atoms with Gasteiger partial charge in [-0.2, -0.15) is 0 Å². The molecule has 0 aliphatic rings. The van der Waals surface area contributed by atoms with E-state index in [0.717, 1.165) is 12.0 Å². The molecule has 0 saturated heterocycles. The predicted molar refractivity (Wildman–Crippen MR) is 70.3 cm³/mol. The van der Waals surface area contributed by atoms with Gasteiger partial charge < -0.3 is 4.90 Å². The van der Waals surface area contributed by atoms with Crippen molar-refractivity contribution in [1.29, 1.82) is 0 Å². The average molecular weight is 213 g/mol. The lowest BCUT2D eigenvalue weighted by Gasteiger charge is -2.31. The van der Waals surface area contributed by atoms with Crippen LogP contribution in [0.5, 0.6) is 0 Å². The van der Waals surface area contributed by atoms with Crippen LogP contribution in [0.3, 0.4) is 0 Å². The molecule has 1 nitrogen and oxygen atoms in total. The minimum atomic E-state index is 0.756. The molecule has 0 rings (SSSR count). The summed E-state index contributed by atoms with van der Waals surface area (Å²) >= 11 is 0. The number of hydrogen-bond donors (Lipinski definition) is 0. The molecule has 0 aliphatic carbocycles. The molecular weight excluding hydrogens is 182 g/mol. The molecule has 0 aromatic rings. The third-order valence-corrected chi connectivity index (χ3v) is 3.51. The molecule has 0 radical (unpaired) electrons. The number of rotatable bonds is 9. The molecule has 0 fully saturated rings. The van der Waals surface area contributed by atoms with Crippen molar-refractivity contribution < 1.29 is 0 Å². The molecule has 0 amide bonds. The van der Waals surface area contributed by atoms with Crippen LogP contribution in [-0.2, 0) is 0 Å². The molecule has 0 saturated carbocycles. The Bertz CT molecular complexity index is 127. The van der Waals surface area contributed by atoms with Crippen molar-refractivity contribution >= 4 is 0 Å². The summed E-state index contributed by atoms with van der Waals surface area (Å²) in [4.78, 5) is 2.65. The number of nitrogens with zero attached hydrogens (tertiary/aromatic N) is 1. The molecule has 1 heteroatoms. The van der Waals surface area contributed by atoms with Gasteiger partial charge in [-0.05, 0) is 38.6 Å². The summed E-state index contributed by atoms with van der Waals surface area (Å²) in [6, 6.07) is 0.756. The minimum absolute atomic E-state index is 0.756. The zero-order chi connectivity index (χ0) is 11.7. The van der Waals surface area contributed by atoms with E-state index in [1.807, 2.05) is 0 Å². The van der Waals surface area contributed by atoms with E-state index in [9.17, 15) is 0 Å². The largest absolute Gasteiger partial charge is 0.301 e. The topological polar surface area (TPSA) is 3.24 Å². The Hall–Kier alpha value is -0.0400. The van der Waals surface area contributed by atoms with Crippen molar-refractivity contribution in [3.63, 3.8) is 0 Å². The fourth-order valence-electron chi connectivity index (χ4n) is 2.35. The fraction of sp³-hybridized carbons (Fsp3) is 1.00. The second kappa shape index (κ2) is 9.21. The third-order valence-electron chi connectivity index (χ3n) is 3.51. The van der Waals surface area contributed by atoms with E-state index < -0.39 is 0 Å². The molecule has 0 aliphatic heterocycles. The zero-order valence-corrected chi connectivity index (χ0v) is 11.6. The SMILES string of the molecule is CCCC(CCC)CN(CC)C(C)CC. The molecule has 0 aromatic carbocycles. The smallest absolute Gasteiger partial charge is 0.00643 e. The Labute approximate surface area is 97.2 Å². The van der Waals surface area contributed by atoms with Gasteiger partial charge in [0, 0.05) is 12.6 Å². The Morgan fingerprint density at radius 3 is 1.80 bits per heavy atom. The normalized spacial score (nSPS) is 13.8. The van der Waals surface area contributed by atoms with E-state index in [2.05, 4.69) is 39.5 Å². The molecule has 0 spiro atoms. The van der Waals surface area contributed by atoms with Crippen molar-refractivity contribution in [2.75, 3.05) is 13.1 Å². The van der Waals surface area contributed by atoms with Gasteiger partial charge >= 0.3 is 0 Å². The Morgan fingerprint density at radius 1 is 0.933 bits per heavy atom. The Balaban J connectivity index is 4.08. The summed E-state index contributed by atoms with van der Waals surface area (Å²) in [6.07, 6.45) is 6.76. The molecule has 0 bridgehead atoms. The molecule has 1 atom stereocenters. The van der Waals surface area contributed by atoms with Gasteiger partial charge in [-0.3, -0.25) is 0 Å². The van der Waals surface area contributed by atoms with Crippen LogP contribution in [-0.4, -0.2) is 24.0 Å². The van der Waals surface area contributed by atoms with Crippen molar-refractivity contribution in [2.24, 2.45) is 5.92 Å². The van der Waals surface area contributed by atoms with Crippen molar-refractivity contribution in [1.82, 2.24) is 4.90 Å². The van der Waals surface area contributed by atoms with Gasteiger partial charge in [0.25, 0.3) is 0 Å². The minimum Gasteiger partial charge on any atom is -0.301 e. The van der Waals surface area contributed by atoms with Crippen LogP contribution < -0.4 is 0 Å². The summed E-state index contributed by atoms with van der Waals surface area (Å²) in [5, 5.41) is 0. The maximum atomic E-state index is 2.65. The zero-order valence-electron chi connectivity index (χ0n) is 11.6. The highest BCUT2D eigenvalue weighted by molar-refractivity contribution is 4.69. The summed E-state index contributed by atoms with van der Waals surface area (Å²) in [6.45, 7) is 14.1. The highest BCUT2D eigenvalue weighted by atomic mass is 15.1. The predicted octanol–water partition coefficient (Wildman–Crippen LogP) is 4.32. The lowest BCUT2D eigenvalue weighted by atomic mass is 9.97. The quantitative estimate of drug-likeness (QED) is 0.551. The van der Waals surface area contributed by atoms with Gasteiger partial charge in [0.05, 0.1) is 0 Å². The van der Waals surface area contributed by atoms with Crippen LogP contribution in [0.4, 0.5) is 0 Å². The first-order chi connectivity index (χ1) is 7.19. The van der Waals surface area contributed by atoms with Gasteiger partial charge in [0.2, 0.25) is 0 Å². The summed E-state index contributed by atoms with van der Waals surface area (Å²) < 4.78 is 0. The second-order valence-electron chi connectivity index (χ2n) is 4.79. The van der Waals surface area contributed by atoms with E-state index in [-0.39, 0.29) is 0 Å². The van der Waals surface area contributed by atoms with Crippen LogP contribution in [0.15, 0.2) is 0 Å². The Kier molecular flexibility index (Phi) is 9.18. The van der Waals surface area contributed by atoms with Crippen molar-refractivity contribution in [2.45, 2.75) is 72.8 Å². The standard InChI is InChI=1S/C14H31N/c1-6-10-14(11-7-2)12-15(9-4)13(5)8-3/h13-14H,6-12H2,1-5H3. The van der Waals surface area contributed by atoms with E-state index in [4.69, 9.17) is 0 Å². The van der Waals surface area contributed by atoms with Gasteiger partial charge in [-0.15, -0.1) is 0 Å². The lowest BCUT2D eigenvalue weighted by Crippen LogP contribution is -2.36. The van der Waals surface area contributed by atoms with Crippen LogP contribution in [0.25, 0.3) is 0 Å². The monoisotopic (exact) mass is 213 g/mol. The molecule has 0 heterocycles. The molecule has 0 aromatic heterocycles. The van der Waals surface area contributed by atoms with Crippen LogP contribution in [0.2, 0.25) is 0 Å². The number of hydrogen-bond acceptors (Lipinski definition) is 1. The van der Waals surface area contributed by atoms with Crippen molar-refractivity contribution in [3.05, 3.63) is 0 Å². The first-order valence-electron chi connectivity index (χ1n) is 6.93. The van der Waals surface area contributed by atoms with Crippen LogP contribution in [0.1, 0.15) is 66.7 Å². The summed E-state index contributed by atoms with van der Waals surface area (Å²) in [7, 11) is 0. The highest BCUT2D eigenvalue weighted by Gasteiger charge is 2.15. The lowest BCUT2D eigenvalue weighted by molar-refractivity contribution is 0.171. The van der Waals surface area contributed by atoms with E-state index in [0.29, 0.717) is 0 Å². The van der Waals surface area contributed by atoms with E-state index in [1.165, 1.54) is 45.2 Å². The first-order valence-corrected chi connectivity index (χ1v) is 6.93. The van der Waals surface area contributed by atoms with E-state index >= 15 is 0 Å². The maximum Gasteiger partial charge on any atom is 0.00643 e. The first kappa shape index (κ1) is 15.0. The van der Waals surface area contributed by atoms with Gasteiger partial charge in [-0.25, -0.2) is 0 Å². The van der Waals surface area contributed by atoms with Gasteiger partial charge in [-0.1, -0.05) is 40.5 Å². The highest BCUT2D eigenvalue weighted by Crippen LogP contribution is 2.17. The maximum absolute atomic E-state index is 2.65. The van der Waals surface area contributed by atoms with Gasteiger partial charge in [0.1, 0.15) is 0 Å².